The first-order chi connectivity index (χ1) is 13.0. The van der Waals surface area contributed by atoms with Crippen molar-refractivity contribution in [2.75, 3.05) is 25.1 Å². The molecule has 0 radical (unpaired) electrons. The largest absolute Gasteiger partial charge is 0.449 e. The van der Waals surface area contributed by atoms with Gasteiger partial charge in [0.05, 0.1) is 22.0 Å². The van der Waals surface area contributed by atoms with Crippen molar-refractivity contribution in [3.63, 3.8) is 0 Å². The van der Waals surface area contributed by atoms with E-state index >= 15 is 0 Å². The van der Waals surface area contributed by atoms with Crippen LogP contribution in [0.25, 0.3) is 0 Å². The molecule has 1 aliphatic heterocycles. The van der Waals surface area contributed by atoms with Crippen molar-refractivity contribution in [1.82, 2.24) is 9.62 Å². The van der Waals surface area contributed by atoms with Crippen LogP contribution in [-0.4, -0.2) is 70.9 Å². The number of esters is 1. The van der Waals surface area contributed by atoms with Crippen LogP contribution in [0.1, 0.15) is 30.6 Å². The van der Waals surface area contributed by atoms with Crippen molar-refractivity contribution in [3.8, 4) is 0 Å². The Labute approximate surface area is 165 Å². The molecule has 0 unspecified atom stereocenters. The Morgan fingerprint density at radius 3 is 2.57 bits per heavy atom. The number of rotatable bonds is 7. The second-order valence-corrected chi connectivity index (χ2v) is 10.6. The minimum Gasteiger partial charge on any atom is -0.449 e. The van der Waals surface area contributed by atoms with Crippen molar-refractivity contribution in [2.45, 2.75) is 37.3 Å². The molecule has 11 heteroatoms. The molecule has 1 heterocycles. The lowest BCUT2D eigenvalue weighted by Gasteiger charge is -2.29. The van der Waals surface area contributed by atoms with Crippen LogP contribution in [0.5, 0.6) is 0 Å². The summed E-state index contributed by atoms with van der Waals surface area (Å²) >= 11 is 0. The molecule has 0 bridgehead atoms. The topological polar surface area (TPSA) is 127 Å². The fourth-order valence-corrected chi connectivity index (χ4v) is 5.54. The van der Waals surface area contributed by atoms with E-state index in [0.29, 0.717) is 6.42 Å². The van der Waals surface area contributed by atoms with Gasteiger partial charge in [-0.1, -0.05) is 6.07 Å². The van der Waals surface area contributed by atoms with Crippen LogP contribution in [0.2, 0.25) is 0 Å². The van der Waals surface area contributed by atoms with Crippen LogP contribution in [0.15, 0.2) is 29.2 Å². The Balaban J connectivity index is 2.11. The molecule has 0 spiro atoms. The van der Waals surface area contributed by atoms with E-state index in [4.69, 9.17) is 4.74 Å². The van der Waals surface area contributed by atoms with Gasteiger partial charge in [-0.15, -0.1) is 0 Å². The number of likely N-dealkylation sites (N-methyl/N-ethyl adjacent to an activating group) is 1. The second-order valence-electron chi connectivity index (χ2n) is 6.46. The summed E-state index contributed by atoms with van der Waals surface area (Å²) in [5, 5.41) is 0. The van der Waals surface area contributed by atoms with Crippen molar-refractivity contribution in [1.29, 1.82) is 0 Å². The van der Waals surface area contributed by atoms with Crippen LogP contribution < -0.4 is 4.72 Å². The Morgan fingerprint density at radius 1 is 1.36 bits per heavy atom. The molecule has 2 rings (SSSR count). The zero-order valence-corrected chi connectivity index (χ0v) is 17.5. The van der Waals surface area contributed by atoms with Gasteiger partial charge < -0.3 is 9.64 Å². The quantitative estimate of drug-likeness (QED) is 0.609. The van der Waals surface area contributed by atoms with E-state index < -0.39 is 43.9 Å². The van der Waals surface area contributed by atoms with E-state index in [0.717, 1.165) is 6.07 Å². The number of benzene rings is 1. The highest BCUT2D eigenvalue weighted by atomic mass is 32.2. The third kappa shape index (κ3) is 5.09. The number of sulfone groups is 1. The normalized spacial score (nSPS) is 19.8. The molecule has 9 nitrogen and oxygen atoms in total. The molecule has 0 aromatic heterocycles. The number of nitrogens with one attached hydrogen (secondary N) is 1. The molecule has 2 atom stereocenters. The zero-order valence-electron chi connectivity index (χ0n) is 15.9. The first-order valence-electron chi connectivity index (χ1n) is 8.76. The van der Waals surface area contributed by atoms with Gasteiger partial charge in [-0.2, -0.15) is 0 Å². The molecule has 1 saturated heterocycles. The summed E-state index contributed by atoms with van der Waals surface area (Å²) in [6.45, 7) is 3.42. The first-order valence-corrected chi connectivity index (χ1v) is 12.1. The summed E-state index contributed by atoms with van der Waals surface area (Å²) in [4.78, 5) is 26.3. The summed E-state index contributed by atoms with van der Waals surface area (Å²) in [6.07, 6.45) is -0.785. The molecule has 1 N–H and O–H groups in total. The Bertz CT molecular complexity index is 957. The van der Waals surface area contributed by atoms with Gasteiger partial charge in [0.1, 0.15) is 0 Å². The number of hydrogen-bond donors (Lipinski definition) is 1. The molecule has 1 aromatic carbocycles. The third-order valence-corrected chi connectivity index (χ3v) is 7.72. The van der Waals surface area contributed by atoms with Crippen LogP contribution in [0.4, 0.5) is 0 Å². The van der Waals surface area contributed by atoms with Crippen molar-refractivity contribution in [3.05, 3.63) is 29.8 Å². The number of sulfonamides is 1. The van der Waals surface area contributed by atoms with E-state index in [1.165, 1.54) is 37.1 Å². The second kappa shape index (κ2) is 8.58. The standard InChI is InChI=1S/C17H24N2O7S2/c1-4-19(14-8-9-27(22,23)11-14)16(20)12(2)26-17(21)13-6-5-7-15(10-13)28(24,25)18-3/h5-7,10,12,14,18H,4,8-9,11H2,1-3H3/t12-,14+/m0/s1. The van der Waals surface area contributed by atoms with Gasteiger partial charge in [0.15, 0.2) is 15.9 Å². The van der Waals surface area contributed by atoms with Gasteiger partial charge in [-0.3, -0.25) is 4.79 Å². The smallest absolute Gasteiger partial charge is 0.338 e. The molecule has 28 heavy (non-hydrogen) atoms. The summed E-state index contributed by atoms with van der Waals surface area (Å²) < 4.78 is 54.4. The molecule has 0 aliphatic carbocycles. The average Bonchev–Trinajstić information content (AvgIpc) is 3.01. The zero-order chi connectivity index (χ0) is 21.1. The molecular weight excluding hydrogens is 408 g/mol. The van der Waals surface area contributed by atoms with E-state index in [1.54, 1.807) is 6.92 Å². The lowest BCUT2D eigenvalue weighted by atomic mass is 10.2. The number of carbonyl (C=O) groups is 2. The maximum atomic E-state index is 12.7. The van der Waals surface area contributed by atoms with Gasteiger partial charge in [0.25, 0.3) is 5.91 Å². The van der Waals surface area contributed by atoms with Crippen molar-refractivity contribution in [2.24, 2.45) is 0 Å². The Morgan fingerprint density at radius 2 is 2.04 bits per heavy atom. The predicted octanol–water partition coefficient (Wildman–Crippen LogP) is 0.176. The molecule has 1 aliphatic rings. The van der Waals surface area contributed by atoms with E-state index in [1.807, 2.05) is 0 Å². The SMILES string of the molecule is CCN(C(=O)[C@H](C)OC(=O)c1cccc(S(=O)(=O)NC)c1)[C@@H]1CCS(=O)(=O)C1. The fraction of sp³-hybridized carbons (Fsp3) is 0.529. The van der Waals surface area contributed by atoms with Gasteiger partial charge in [-0.25, -0.2) is 26.4 Å². The highest BCUT2D eigenvalue weighted by molar-refractivity contribution is 7.91. The minimum atomic E-state index is -3.73. The van der Waals surface area contributed by atoms with E-state index in [2.05, 4.69) is 4.72 Å². The fourth-order valence-electron chi connectivity index (χ4n) is 3.04. The third-order valence-electron chi connectivity index (χ3n) is 4.55. The minimum absolute atomic E-state index is 0.0116. The molecular formula is C17H24N2O7S2. The van der Waals surface area contributed by atoms with E-state index in [-0.39, 0.29) is 28.5 Å². The summed E-state index contributed by atoms with van der Waals surface area (Å²) in [5.74, 6) is -1.40. The predicted molar refractivity (Wildman–Crippen MR) is 102 cm³/mol. The Kier molecular flexibility index (Phi) is 6.84. The maximum Gasteiger partial charge on any atom is 0.338 e. The van der Waals surface area contributed by atoms with Gasteiger partial charge >= 0.3 is 5.97 Å². The van der Waals surface area contributed by atoms with Gasteiger partial charge in [0, 0.05) is 12.6 Å². The lowest BCUT2D eigenvalue weighted by Crippen LogP contribution is -2.46. The highest BCUT2D eigenvalue weighted by Gasteiger charge is 2.36. The van der Waals surface area contributed by atoms with Gasteiger partial charge in [0.2, 0.25) is 10.0 Å². The van der Waals surface area contributed by atoms with Crippen LogP contribution in [-0.2, 0) is 29.4 Å². The molecule has 156 valence electrons. The van der Waals surface area contributed by atoms with Crippen molar-refractivity contribution < 1.29 is 31.2 Å². The number of nitrogens with zero attached hydrogens (tertiary/aromatic N) is 1. The average molecular weight is 433 g/mol. The molecule has 0 saturated carbocycles. The maximum absolute atomic E-state index is 12.7. The lowest BCUT2D eigenvalue weighted by molar-refractivity contribution is -0.141. The molecule has 1 fully saturated rings. The van der Waals surface area contributed by atoms with Crippen LogP contribution >= 0.6 is 0 Å². The number of carbonyl (C=O) groups excluding carboxylic acids is 2. The summed E-state index contributed by atoms with van der Waals surface area (Å²) in [7, 11) is -5.64. The Hall–Kier alpha value is -1.98. The highest BCUT2D eigenvalue weighted by Crippen LogP contribution is 2.19. The first kappa shape index (κ1) is 22.3. The molecule has 1 aromatic rings. The number of hydrogen-bond acceptors (Lipinski definition) is 7. The van der Waals surface area contributed by atoms with Crippen molar-refractivity contribution >= 4 is 31.7 Å². The van der Waals surface area contributed by atoms with Crippen LogP contribution in [0, 0.1) is 0 Å². The van der Waals surface area contributed by atoms with Crippen LogP contribution in [0.3, 0.4) is 0 Å². The van der Waals surface area contributed by atoms with E-state index in [9.17, 15) is 26.4 Å². The monoisotopic (exact) mass is 432 g/mol. The molecule has 1 amide bonds. The number of ether oxygens (including phenoxy) is 1. The number of amides is 1. The summed E-state index contributed by atoms with van der Waals surface area (Å²) in [6, 6.07) is 4.83. The van der Waals surface area contributed by atoms with Gasteiger partial charge in [-0.05, 0) is 45.5 Å². The summed E-state index contributed by atoms with van der Waals surface area (Å²) in [5.41, 5.74) is -0.0116.